The van der Waals surface area contributed by atoms with Crippen LogP contribution >= 0.6 is 0 Å². The lowest BCUT2D eigenvalue weighted by atomic mass is 9.78. The van der Waals surface area contributed by atoms with Gasteiger partial charge >= 0.3 is 0 Å². The molecule has 0 amide bonds. The fourth-order valence-electron chi connectivity index (χ4n) is 1.75. The minimum absolute atomic E-state index is 0.240. The monoisotopic (exact) mass is 151 g/mol. The Morgan fingerprint density at radius 1 is 1.64 bits per heavy atom. The number of fused-ring (bicyclic) bond motifs is 1. The average Bonchev–Trinajstić information content (AvgIpc) is 2.34. The normalized spacial score (nSPS) is 33.3. The Morgan fingerprint density at radius 3 is 3.18 bits per heavy atom. The smallest absolute Gasteiger partial charge is 0.102 e. The van der Waals surface area contributed by atoms with Crippen molar-refractivity contribution < 1.29 is 0 Å². The Balaban J connectivity index is 2.28. The van der Waals surface area contributed by atoms with E-state index in [9.17, 15) is 0 Å². The maximum absolute atomic E-state index is 4.20. The molecule has 60 valence electrons. The van der Waals surface area contributed by atoms with Gasteiger partial charge in [0.2, 0.25) is 0 Å². The topological polar surface area (TPSA) is 36.8 Å². The summed E-state index contributed by atoms with van der Waals surface area (Å²) in [5, 5.41) is 11.5. The maximum atomic E-state index is 4.20. The summed E-state index contributed by atoms with van der Waals surface area (Å²) in [7, 11) is 0. The predicted molar refractivity (Wildman–Crippen MR) is 43.4 cm³/mol. The molecular formula is C8H13N3. The van der Waals surface area contributed by atoms with Crippen LogP contribution in [0.2, 0.25) is 0 Å². The Labute approximate surface area is 66.6 Å². The molecule has 2 rings (SSSR count). The summed E-state index contributed by atoms with van der Waals surface area (Å²) in [5.41, 5.74) is 1.57. The van der Waals surface area contributed by atoms with Gasteiger partial charge in [0, 0.05) is 18.5 Å². The minimum Gasteiger partial charge on any atom is -0.312 e. The van der Waals surface area contributed by atoms with Gasteiger partial charge in [0.1, 0.15) is 6.04 Å². The maximum Gasteiger partial charge on any atom is 0.102 e. The Morgan fingerprint density at radius 2 is 2.45 bits per heavy atom. The molecule has 2 heterocycles. The molecule has 1 fully saturated rings. The van der Waals surface area contributed by atoms with Gasteiger partial charge < -0.3 is 5.32 Å². The molecule has 3 heteroatoms. The lowest BCUT2D eigenvalue weighted by molar-refractivity contribution is 0.270. The minimum atomic E-state index is 0.240. The highest BCUT2D eigenvalue weighted by atomic mass is 15.2. The highest BCUT2D eigenvalue weighted by molar-refractivity contribution is 5.22. The zero-order valence-corrected chi connectivity index (χ0v) is 6.96. The van der Waals surface area contributed by atoms with E-state index in [0.29, 0.717) is 6.04 Å². The molecule has 2 aliphatic heterocycles. The fraction of sp³-hybridized carbons (Fsp3) is 0.750. The summed E-state index contributed by atoms with van der Waals surface area (Å²) >= 11 is 0. The van der Waals surface area contributed by atoms with Gasteiger partial charge in [0.15, 0.2) is 0 Å². The number of azo groups is 1. The SMILES string of the molecule is CC1(C)CNCC2=CN=N[C@@H]21. The zero-order valence-electron chi connectivity index (χ0n) is 6.96. The van der Waals surface area contributed by atoms with E-state index in [2.05, 4.69) is 29.4 Å². The zero-order chi connectivity index (χ0) is 7.90. The summed E-state index contributed by atoms with van der Waals surface area (Å²) in [6.07, 6.45) is 1.89. The molecule has 1 atom stereocenters. The average molecular weight is 151 g/mol. The van der Waals surface area contributed by atoms with Crippen LogP contribution in [-0.4, -0.2) is 19.1 Å². The van der Waals surface area contributed by atoms with Gasteiger partial charge in [0.05, 0.1) is 6.20 Å². The summed E-state index contributed by atoms with van der Waals surface area (Å²) < 4.78 is 0. The second kappa shape index (κ2) is 2.14. The number of nitrogens with one attached hydrogen (secondary N) is 1. The van der Waals surface area contributed by atoms with Crippen molar-refractivity contribution in [2.75, 3.05) is 13.1 Å². The molecule has 0 spiro atoms. The first kappa shape index (κ1) is 6.98. The quantitative estimate of drug-likeness (QED) is 0.557. The van der Waals surface area contributed by atoms with Crippen molar-refractivity contribution in [1.82, 2.24) is 5.32 Å². The molecule has 1 N–H and O–H groups in total. The van der Waals surface area contributed by atoms with E-state index in [1.807, 2.05) is 6.20 Å². The molecule has 2 aliphatic rings. The first-order valence-corrected chi connectivity index (χ1v) is 4.00. The second-order valence-electron chi connectivity index (χ2n) is 3.93. The Hall–Kier alpha value is -0.700. The molecule has 0 aromatic rings. The van der Waals surface area contributed by atoms with Crippen LogP contribution in [0.1, 0.15) is 13.8 Å². The van der Waals surface area contributed by atoms with E-state index in [1.54, 1.807) is 0 Å². The van der Waals surface area contributed by atoms with Gasteiger partial charge in [-0.2, -0.15) is 10.2 Å². The molecule has 11 heavy (non-hydrogen) atoms. The third-order valence-electron chi connectivity index (χ3n) is 2.41. The molecule has 0 saturated carbocycles. The molecular weight excluding hydrogens is 138 g/mol. The third kappa shape index (κ3) is 0.997. The van der Waals surface area contributed by atoms with Crippen LogP contribution in [0.15, 0.2) is 22.0 Å². The van der Waals surface area contributed by atoms with Crippen LogP contribution in [0.3, 0.4) is 0 Å². The molecule has 0 bridgehead atoms. The van der Waals surface area contributed by atoms with Crippen molar-refractivity contribution in [3.63, 3.8) is 0 Å². The molecule has 0 aliphatic carbocycles. The number of rotatable bonds is 0. The molecule has 3 nitrogen and oxygen atoms in total. The van der Waals surface area contributed by atoms with Crippen LogP contribution in [0, 0.1) is 5.41 Å². The molecule has 0 unspecified atom stereocenters. The van der Waals surface area contributed by atoms with Crippen LogP contribution in [0.4, 0.5) is 0 Å². The number of hydrogen-bond acceptors (Lipinski definition) is 3. The number of hydrogen-bond donors (Lipinski definition) is 1. The lowest BCUT2D eigenvalue weighted by Gasteiger charge is -2.35. The fourth-order valence-corrected chi connectivity index (χ4v) is 1.75. The molecule has 0 radical (unpaired) electrons. The van der Waals surface area contributed by atoms with E-state index < -0.39 is 0 Å². The summed E-state index contributed by atoms with van der Waals surface area (Å²) in [4.78, 5) is 0. The van der Waals surface area contributed by atoms with E-state index in [0.717, 1.165) is 13.1 Å². The predicted octanol–water partition coefficient (Wildman–Crippen LogP) is 1.33. The Bertz CT molecular complexity index is 227. The highest BCUT2D eigenvalue weighted by Gasteiger charge is 2.37. The van der Waals surface area contributed by atoms with E-state index in [4.69, 9.17) is 0 Å². The molecule has 0 aromatic heterocycles. The van der Waals surface area contributed by atoms with Gasteiger partial charge in [-0.15, -0.1) is 0 Å². The van der Waals surface area contributed by atoms with Crippen LogP contribution < -0.4 is 5.32 Å². The molecule has 1 saturated heterocycles. The van der Waals surface area contributed by atoms with E-state index in [1.165, 1.54) is 5.57 Å². The standard InChI is InChI=1S/C8H13N3/c1-8(2)5-9-3-6-4-10-11-7(6)8/h4,7,9H,3,5H2,1-2H3/t7-/m0/s1. The second-order valence-corrected chi connectivity index (χ2v) is 3.93. The van der Waals surface area contributed by atoms with Crippen LogP contribution in [-0.2, 0) is 0 Å². The number of nitrogens with zero attached hydrogens (tertiary/aromatic N) is 2. The van der Waals surface area contributed by atoms with Crippen molar-refractivity contribution in [3.05, 3.63) is 11.8 Å². The van der Waals surface area contributed by atoms with Crippen molar-refractivity contribution >= 4 is 0 Å². The van der Waals surface area contributed by atoms with Gasteiger partial charge in [-0.05, 0) is 5.57 Å². The summed E-state index contributed by atoms with van der Waals surface area (Å²) in [6, 6.07) is 0.337. The van der Waals surface area contributed by atoms with Crippen molar-refractivity contribution in [1.29, 1.82) is 0 Å². The van der Waals surface area contributed by atoms with Gasteiger partial charge in [-0.25, -0.2) is 0 Å². The van der Waals surface area contributed by atoms with E-state index in [-0.39, 0.29) is 5.41 Å². The van der Waals surface area contributed by atoms with Crippen LogP contribution in [0.25, 0.3) is 0 Å². The molecule has 0 aromatic carbocycles. The van der Waals surface area contributed by atoms with Gasteiger partial charge in [-0.1, -0.05) is 13.8 Å². The number of piperidine rings is 1. The largest absolute Gasteiger partial charge is 0.312 e. The van der Waals surface area contributed by atoms with Gasteiger partial charge in [0.25, 0.3) is 0 Å². The lowest BCUT2D eigenvalue weighted by Crippen LogP contribution is -2.46. The first-order chi connectivity index (χ1) is 5.20. The summed E-state index contributed by atoms with van der Waals surface area (Å²) in [6.45, 7) is 6.44. The van der Waals surface area contributed by atoms with Gasteiger partial charge in [-0.3, -0.25) is 0 Å². The highest BCUT2D eigenvalue weighted by Crippen LogP contribution is 2.33. The van der Waals surface area contributed by atoms with Crippen LogP contribution in [0.5, 0.6) is 0 Å². The Kier molecular flexibility index (Phi) is 1.36. The van der Waals surface area contributed by atoms with Crippen molar-refractivity contribution in [2.24, 2.45) is 15.6 Å². The third-order valence-corrected chi connectivity index (χ3v) is 2.41. The van der Waals surface area contributed by atoms with Crippen molar-refractivity contribution in [2.45, 2.75) is 19.9 Å². The first-order valence-electron chi connectivity index (χ1n) is 4.00. The van der Waals surface area contributed by atoms with Crippen molar-refractivity contribution in [3.8, 4) is 0 Å². The van der Waals surface area contributed by atoms with E-state index >= 15 is 0 Å². The summed E-state index contributed by atoms with van der Waals surface area (Å²) in [5.74, 6) is 0.